The second-order valence-corrected chi connectivity index (χ2v) is 10.00. The van der Waals surface area contributed by atoms with Crippen molar-refractivity contribution in [2.75, 3.05) is 26.8 Å². The van der Waals surface area contributed by atoms with E-state index in [2.05, 4.69) is 5.32 Å². The van der Waals surface area contributed by atoms with Crippen LogP contribution in [-0.2, 0) is 11.3 Å². The van der Waals surface area contributed by atoms with E-state index >= 15 is 0 Å². The maximum absolute atomic E-state index is 13.7. The van der Waals surface area contributed by atoms with Gasteiger partial charge in [0.05, 0.1) is 14.2 Å². The summed E-state index contributed by atoms with van der Waals surface area (Å²) in [7, 11) is 3.07. The van der Waals surface area contributed by atoms with E-state index < -0.39 is 6.04 Å². The average Bonchev–Trinajstić information content (AvgIpc) is 3.66. The molecule has 8 nitrogen and oxygen atoms in total. The quantitative estimate of drug-likeness (QED) is 0.511. The monoisotopic (exact) mass is 512 g/mol. The SMILES string of the molecule is COc1ccc(C(=O)N2C(C(=O)NCc3ccc4c(c3)OCO4)CSC2c2cccs2)cc1OC. The third-order valence-electron chi connectivity index (χ3n) is 5.86. The number of thiophene rings is 1. The third kappa shape index (κ3) is 4.63. The van der Waals surface area contributed by atoms with Gasteiger partial charge < -0.3 is 29.2 Å². The lowest BCUT2D eigenvalue weighted by atomic mass is 10.1. The van der Waals surface area contributed by atoms with E-state index in [0.29, 0.717) is 40.9 Å². The lowest BCUT2D eigenvalue weighted by Crippen LogP contribution is -2.47. The Labute approximate surface area is 211 Å². The van der Waals surface area contributed by atoms with Crippen LogP contribution in [0, 0.1) is 0 Å². The molecule has 35 heavy (non-hydrogen) atoms. The van der Waals surface area contributed by atoms with Crippen LogP contribution in [0.15, 0.2) is 53.9 Å². The number of carbonyl (C=O) groups is 2. The molecule has 182 valence electrons. The highest BCUT2D eigenvalue weighted by atomic mass is 32.2. The molecule has 2 unspecified atom stereocenters. The fourth-order valence-electron chi connectivity index (χ4n) is 4.08. The minimum atomic E-state index is -0.623. The minimum Gasteiger partial charge on any atom is -0.493 e. The first-order valence-electron chi connectivity index (χ1n) is 10.9. The Balaban J connectivity index is 1.38. The molecule has 5 rings (SSSR count). The average molecular weight is 513 g/mol. The van der Waals surface area contributed by atoms with Gasteiger partial charge in [-0.1, -0.05) is 12.1 Å². The van der Waals surface area contributed by atoms with Crippen molar-refractivity contribution in [3.05, 3.63) is 69.9 Å². The first-order chi connectivity index (χ1) is 17.1. The zero-order chi connectivity index (χ0) is 24.4. The van der Waals surface area contributed by atoms with E-state index in [1.54, 1.807) is 53.3 Å². The van der Waals surface area contributed by atoms with Crippen molar-refractivity contribution in [1.82, 2.24) is 10.2 Å². The first-order valence-corrected chi connectivity index (χ1v) is 12.9. The van der Waals surface area contributed by atoms with E-state index in [-0.39, 0.29) is 24.0 Å². The molecule has 2 aromatic carbocycles. The van der Waals surface area contributed by atoms with E-state index in [9.17, 15) is 9.59 Å². The second-order valence-electron chi connectivity index (χ2n) is 7.90. The van der Waals surface area contributed by atoms with Crippen molar-refractivity contribution in [3.8, 4) is 23.0 Å². The summed E-state index contributed by atoms with van der Waals surface area (Å²) < 4.78 is 21.5. The number of nitrogens with one attached hydrogen (secondary N) is 1. The lowest BCUT2D eigenvalue weighted by molar-refractivity contribution is -0.125. The Bertz CT molecular complexity index is 1230. The molecule has 2 amide bonds. The standard InChI is InChI=1S/C25H24N2O6S2/c1-30-18-8-6-16(11-20(18)31-2)24(29)27-17(13-35-25(27)22-4-3-9-34-22)23(28)26-12-15-5-7-19-21(10-15)33-14-32-19/h3-11,17,25H,12-14H2,1-2H3,(H,26,28). The molecule has 1 saturated heterocycles. The van der Waals surface area contributed by atoms with Gasteiger partial charge in [-0.15, -0.1) is 23.1 Å². The Hall–Kier alpha value is -3.37. The summed E-state index contributed by atoms with van der Waals surface area (Å²) in [5.74, 6) is 2.40. The highest BCUT2D eigenvalue weighted by Gasteiger charge is 2.43. The molecular weight excluding hydrogens is 488 g/mol. The van der Waals surface area contributed by atoms with Crippen LogP contribution in [0.4, 0.5) is 0 Å². The van der Waals surface area contributed by atoms with Crippen molar-refractivity contribution in [2.45, 2.75) is 18.0 Å². The zero-order valence-electron chi connectivity index (χ0n) is 19.2. The number of carbonyl (C=O) groups excluding carboxylic acids is 2. The van der Waals surface area contributed by atoms with Crippen molar-refractivity contribution in [3.63, 3.8) is 0 Å². The van der Waals surface area contributed by atoms with E-state index in [1.165, 1.54) is 7.11 Å². The summed E-state index contributed by atoms with van der Waals surface area (Å²) in [6, 6.07) is 13.9. The molecule has 1 fully saturated rings. The van der Waals surface area contributed by atoms with Gasteiger partial charge in [0.15, 0.2) is 23.0 Å². The first kappa shape index (κ1) is 23.4. The zero-order valence-corrected chi connectivity index (χ0v) is 20.8. The number of amides is 2. The Morgan fingerprint density at radius 1 is 1.06 bits per heavy atom. The molecule has 1 aromatic heterocycles. The number of fused-ring (bicyclic) bond motifs is 1. The van der Waals surface area contributed by atoms with E-state index in [1.807, 2.05) is 35.7 Å². The summed E-state index contributed by atoms with van der Waals surface area (Å²) in [6.45, 7) is 0.514. The van der Waals surface area contributed by atoms with Gasteiger partial charge >= 0.3 is 0 Å². The van der Waals surface area contributed by atoms with Crippen LogP contribution < -0.4 is 24.3 Å². The summed E-state index contributed by atoms with van der Waals surface area (Å²) >= 11 is 3.15. The maximum atomic E-state index is 13.7. The van der Waals surface area contributed by atoms with Crippen molar-refractivity contribution in [1.29, 1.82) is 0 Å². The Kier molecular flexibility index (Phi) is 6.74. The normalized spacial score (nSPS) is 18.4. The number of hydrogen-bond acceptors (Lipinski definition) is 8. The third-order valence-corrected chi connectivity index (χ3v) is 8.24. The largest absolute Gasteiger partial charge is 0.493 e. The topological polar surface area (TPSA) is 86.3 Å². The Morgan fingerprint density at radius 2 is 1.89 bits per heavy atom. The van der Waals surface area contributed by atoms with Gasteiger partial charge in [0.25, 0.3) is 5.91 Å². The molecule has 0 radical (unpaired) electrons. The molecule has 1 N–H and O–H groups in total. The number of thioether (sulfide) groups is 1. The van der Waals surface area contributed by atoms with Crippen LogP contribution in [0.2, 0.25) is 0 Å². The highest BCUT2D eigenvalue weighted by Crippen LogP contribution is 2.44. The lowest BCUT2D eigenvalue weighted by Gasteiger charge is -2.28. The van der Waals surface area contributed by atoms with Gasteiger partial charge in [-0.3, -0.25) is 9.59 Å². The van der Waals surface area contributed by atoms with Gasteiger partial charge in [0, 0.05) is 22.7 Å². The number of rotatable bonds is 7. The second kappa shape index (κ2) is 10.1. The van der Waals surface area contributed by atoms with Crippen LogP contribution in [0.25, 0.3) is 0 Å². The molecule has 2 atom stereocenters. The number of ether oxygens (including phenoxy) is 4. The van der Waals surface area contributed by atoms with Crippen molar-refractivity contribution < 1.29 is 28.5 Å². The van der Waals surface area contributed by atoms with E-state index in [0.717, 1.165) is 10.4 Å². The van der Waals surface area contributed by atoms with Crippen LogP contribution >= 0.6 is 23.1 Å². The predicted octanol–water partition coefficient (Wildman–Crippen LogP) is 4.07. The summed E-state index contributed by atoms with van der Waals surface area (Å²) in [5.41, 5.74) is 1.32. The fraction of sp³-hybridized carbons (Fsp3) is 0.280. The van der Waals surface area contributed by atoms with Crippen molar-refractivity contribution >= 4 is 34.9 Å². The molecule has 0 spiro atoms. The smallest absolute Gasteiger partial charge is 0.255 e. The number of benzene rings is 2. The van der Waals surface area contributed by atoms with Crippen LogP contribution in [0.5, 0.6) is 23.0 Å². The Morgan fingerprint density at radius 3 is 2.66 bits per heavy atom. The maximum Gasteiger partial charge on any atom is 0.255 e. The molecule has 10 heteroatoms. The van der Waals surface area contributed by atoms with Gasteiger partial charge in [-0.25, -0.2) is 0 Å². The number of hydrogen-bond donors (Lipinski definition) is 1. The van der Waals surface area contributed by atoms with Gasteiger partial charge in [-0.2, -0.15) is 0 Å². The molecule has 3 heterocycles. The van der Waals surface area contributed by atoms with Crippen LogP contribution in [0.1, 0.15) is 26.2 Å². The van der Waals surface area contributed by atoms with Crippen LogP contribution in [-0.4, -0.2) is 49.5 Å². The number of nitrogens with zero attached hydrogens (tertiary/aromatic N) is 1. The molecule has 3 aromatic rings. The van der Waals surface area contributed by atoms with E-state index in [4.69, 9.17) is 18.9 Å². The van der Waals surface area contributed by atoms with Gasteiger partial charge in [-0.05, 0) is 47.3 Å². The number of methoxy groups -OCH3 is 2. The van der Waals surface area contributed by atoms with Crippen molar-refractivity contribution in [2.24, 2.45) is 0 Å². The summed E-state index contributed by atoms with van der Waals surface area (Å²) in [6.07, 6.45) is 0. The minimum absolute atomic E-state index is 0.196. The highest BCUT2D eigenvalue weighted by molar-refractivity contribution is 7.99. The molecule has 0 saturated carbocycles. The molecular formula is C25H24N2O6S2. The molecule has 2 aliphatic heterocycles. The van der Waals surface area contributed by atoms with Crippen LogP contribution in [0.3, 0.4) is 0 Å². The summed E-state index contributed by atoms with van der Waals surface area (Å²) in [5, 5.41) is 4.71. The van der Waals surface area contributed by atoms with Gasteiger partial charge in [0.1, 0.15) is 11.4 Å². The molecule has 0 bridgehead atoms. The molecule has 0 aliphatic carbocycles. The van der Waals surface area contributed by atoms with Gasteiger partial charge in [0.2, 0.25) is 12.7 Å². The molecule has 2 aliphatic rings. The summed E-state index contributed by atoms with van der Waals surface area (Å²) in [4.78, 5) is 29.8. The predicted molar refractivity (Wildman–Crippen MR) is 133 cm³/mol. The fourth-order valence-corrected chi connectivity index (χ4v) is 6.48.